The summed E-state index contributed by atoms with van der Waals surface area (Å²) in [5.74, 6) is -1.44. The van der Waals surface area contributed by atoms with E-state index in [2.05, 4.69) is 4.98 Å². The molecule has 5 heteroatoms. The van der Waals surface area contributed by atoms with Gasteiger partial charge in [-0.15, -0.1) is 0 Å². The number of rotatable bonds is 6. The summed E-state index contributed by atoms with van der Waals surface area (Å²) in [4.78, 5) is 36.9. The summed E-state index contributed by atoms with van der Waals surface area (Å²) in [5.41, 5.74) is -0.171. The number of nitrogens with one attached hydrogen (secondary N) is 1. The largest absolute Gasteiger partial charge is 0.477 e. The third-order valence-corrected chi connectivity index (χ3v) is 2.63. The Kier molecular flexibility index (Phi) is 4.83. The van der Waals surface area contributed by atoms with Crippen LogP contribution in [0.4, 0.5) is 0 Å². The molecule has 0 bridgehead atoms. The second-order valence-corrected chi connectivity index (χ2v) is 4.13. The lowest BCUT2D eigenvalue weighted by atomic mass is 10.0. The van der Waals surface area contributed by atoms with Crippen molar-refractivity contribution in [2.24, 2.45) is 0 Å². The number of H-pyrrole nitrogens is 1. The maximum absolute atomic E-state index is 11.9. The molecule has 0 aliphatic rings. The standard InChI is InChI=1S/C13H17NO4/c1-3-5-10-8(11(15)6-4-2)7-9(13(17)18)12(16)14-10/h7H,3-6H2,1-2H3,(H,14,16)(H,17,18). The van der Waals surface area contributed by atoms with Crippen molar-refractivity contribution in [2.75, 3.05) is 0 Å². The van der Waals surface area contributed by atoms with Gasteiger partial charge in [-0.2, -0.15) is 0 Å². The molecule has 0 aromatic carbocycles. The van der Waals surface area contributed by atoms with Crippen LogP contribution in [-0.4, -0.2) is 21.8 Å². The number of carboxylic acids is 1. The number of ketones is 1. The first-order valence-corrected chi connectivity index (χ1v) is 6.03. The number of carboxylic acid groups (broad SMARTS) is 1. The molecule has 0 aliphatic heterocycles. The Balaban J connectivity index is 3.34. The zero-order valence-corrected chi connectivity index (χ0v) is 10.6. The highest BCUT2D eigenvalue weighted by molar-refractivity contribution is 5.99. The van der Waals surface area contributed by atoms with Crippen LogP contribution in [0.2, 0.25) is 0 Å². The molecule has 1 rings (SSSR count). The fourth-order valence-electron chi connectivity index (χ4n) is 1.79. The Morgan fingerprint density at radius 2 is 1.89 bits per heavy atom. The van der Waals surface area contributed by atoms with Crippen LogP contribution in [0, 0.1) is 0 Å². The average Bonchev–Trinajstić information content (AvgIpc) is 2.29. The van der Waals surface area contributed by atoms with Gasteiger partial charge in [0.25, 0.3) is 5.56 Å². The molecule has 0 saturated carbocycles. The normalized spacial score (nSPS) is 10.3. The van der Waals surface area contributed by atoms with Gasteiger partial charge >= 0.3 is 5.97 Å². The smallest absolute Gasteiger partial charge is 0.341 e. The average molecular weight is 251 g/mol. The number of hydrogen-bond acceptors (Lipinski definition) is 3. The molecule has 0 spiro atoms. The fourth-order valence-corrected chi connectivity index (χ4v) is 1.79. The SMILES string of the molecule is CCCC(=O)c1cc(C(=O)O)c(=O)[nH]c1CCC. The first kappa shape index (κ1) is 14.2. The molecule has 0 unspecified atom stereocenters. The van der Waals surface area contributed by atoms with Crippen LogP contribution in [0.15, 0.2) is 10.9 Å². The molecule has 98 valence electrons. The second kappa shape index (κ2) is 6.14. The lowest BCUT2D eigenvalue weighted by Crippen LogP contribution is -2.22. The first-order chi connectivity index (χ1) is 8.51. The first-order valence-electron chi connectivity index (χ1n) is 6.03. The Morgan fingerprint density at radius 1 is 1.22 bits per heavy atom. The van der Waals surface area contributed by atoms with E-state index in [9.17, 15) is 14.4 Å². The van der Waals surface area contributed by atoms with Crippen molar-refractivity contribution in [3.05, 3.63) is 33.2 Å². The minimum Gasteiger partial charge on any atom is -0.477 e. The maximum atomic E-state index is 11.9. The molecular weight excluding hydrogens is 234 g/mol. The number of aromatic nitrogens is 1. The van der Waals surface area contributed by atoms with E-state index in [1.165, 1.54) is 6.07 Å². The third-order valence-electron chi connectivity index (χ3n) is 2.63. The van der Waals surface area contributed by atoms with Gasteiger partial charge in [-0.3, -0.25) is 9.59 Å². The van der Waals surface area contributed by atoms with Crippen LogP contribution in [0.5, 0.6) is 0 Å². The molecular formula is C13H17NO4. The Labute approximate surface area is 105 Å². The van der Waals surface area contributed by atoms with Crippen molar-refractivity contribution in [1.82, 2.24) is 4.98 Å². The summed E-state index contributed by atoms with van der Waals surface area (Å²) in [7, 11) is 0. The quantitative estimate of drug-likeness (QED) is 0.757. The zero-order valence-electron chi connectivity index (χ0n) is 10.6. The van der Waals surface area contributed by atoms with Crippen LogP contribution in [0.25, 0.3) is 0 Å². The van der Waals surface area contributed by atoms with E-state index >= 15 is 0 Å². The molecule has 0 atom stereocenters. The van der Waals surface area contributed by atoms with Gasteiger partial charge in [0.15, 0.2) is 5.78 Å². The van der Waals surface area contributed by atoms with E-state index in [1.807, 2.05) is 13.8 Å². The lowest BCUT2D eigenvalue weighted by molar-refractivity contribution is 0.0695. The number of Topliss-reactive ketones (excluding diaryl/α,β-unsaturated/α-hetero) is 1. The lowest BCUT2D eigenvalue weighted by Gasteiger charge is -2.08. The summed E-state index contributed by atoms with van der Waals surface area (Å²) in [6.45, 7) is 3.80. The summed E-state index contributed by atoms with van der Waals surface area (Å²) in [5, 5.41) is 8.89. The Hall–Kier alpha value is -1.91. The van der Waals surface area contributed by atoms with E-state index in [0.29, 0.717) is 30.5 Å². The highest BCUT2D eigenvalue weighted by Crippen LogP contribution is 2.12. The molecule has 0 radical (unpaired) electrons. The number of pyridine rings is 1. The van der Waals surface area contributed by atoms with Crippen LogP contribution >= 0.6 is 0 Å². The number of hydrogen-bond donors (Lipinski definition) is 2. The van der Waals surface area contributed by atoms with Crippen molar-refractivity contribution in [2.45, 2.75) is 39.5 Å². The molecule has 0 saturated heterocycles. The van der Waals surface area contributed by atoms with Crippen LogP contribution in [0.3, 0.4) is 0 Å². The van der Waals surface area contributed by atoms with Crippen molar-refractivity contribution >= 4 is 11.8 Å². The van der Waals surface area contributed by atoms with Crippen LogP contribution in [-0.2, 0) is 6.42 Å². The topological polar surface area (TPSA) is 87.2 Å². The van der Waals surface area contributed by atoms with E-state index in [0.717, 1.165) is 6.42 Å². The summed E-state index contributed by atoms with van der Waals surface area (Å²) in [6.07, 6.45) is 2.36. The number of aryl methyl sites for hydroxylation is 1. The molecule has 0 aliphatic carbocycles. The number of aromatic carboxylic acids is 1. The molecule has 0 amide bonds. The molecule has 1 aromatic rings. The summed E-state index contributed by atoms with van der Waals surface area (Å²) in [6, 6.07) is 1.20. The van der Waals surface area contributed by atoms with Crippen LogP contribution < -0.4 is 5.56 Å². The Bertz CT molecular complexity index is 516. The van der Waals surface area contributed by atoms with E-state index < -0.39 is 11.5 Å². The fraction of sp³-hybridized carbons (Fsp3) is 0.462. The highest BCUT2D eigenvalue weighted by Gasteiger charge is 2.17. The number of carbonyl (C=O) groups is 2. The molecule has 1 heterocycles. The molecule has 5 nitrogen and oxygen atoms in total. The van der Waals surface area contributed by atoms with Crippen LogP contribution in [0.1, 0.15) is 59.5 Å². The Morgan fingerprint density at radius 3 is 2.39 bits per heavy atom. The monoisotopic (exact) mass is 251 g/mol. The molecule has 1 aromatic heterocycles. The van der Waals surface area contributed by atoms with Crippen molar-refractivity contribution in [1.29, 1.82) is 0 Å². The summed E-state index contributed by atoms with van der Waals surface area (Å²) >= 11 is 0. The van der Waals surface area contributed by atoms with Crippen molar-refractivity contribution < 1.29 is 14.7 Å². The maximum Gasteiger partial charge on any atom is 0.341 e. The highest BCUT2D eigenvalue weighted by atomic mass is 16.4. The molecule has 18 heavy (non-hydrogen) atoms. The van der Waals surface area contributed by atoms with Gasteiger partial charge < -0.3 is 10.1 Å². The van der Waals surface area contributed by atoms with Gasteiger partial charge in [0, 0.05) is 17.7 Å². The second-order valence-electron chi connectivity index (χ2n) is 4.13. The van der Waals surface area contributed by atoms with E-state index in [-0.39, 0.29) is 11.3 Å². The number of aromatic amines is 1. The van der Waals surface area contributed by atoms with Crippen molar-refractivity contribution in [3.8, 4) is 0 Å². The predicted octanol–water partition coefficient (Wildman–Crippen LogP) is 2.01. The van der Waals surface area contributed by atoms with Gasteiger partial charge in [0.05, 0.1) is 0 Å². The zero-order chi connectivity index (χ0) is 13.7. The van der Waals surface area contributed by atoms with Gasteiger partial charge in [-0.05, 0) is 18.9 Å². The third kappa shape index (κ3) is 3.06. The van der Waals surface area contributed by atoms with Gasteiger partial charge in [-0.25, -0.2) is 4.79 Å². The van der Waals surface area contributed by atoms with E-state index in [4.69, 9.17) is 5.11 Å². The molecule has 2 N–H and O–H groups in total. The summed E-state index contributed by atoms with van der Waals surface area (Å²) < 4.78 is 0. The van der Waals surface area contributed by atoms with Crippen molar-refractivity contribution in [3.63, 3.8) is 0 Å². The van der Waals surface area contributed by atoms with Gasteiger partial charge in [-0.1, -0.05) is 20.3 Å². The predicted molar refractivity (Wildman–Crippen MR) is 67.3 cm³/mol. The molecule has 0 fully saturated rings. The van der Waals surface area contributed by atoms with Gasteiger partial charge in [0.2, 0.25) is 0 Å². The van der Waals surface area contributed by atoms with E-state index in [1.54, 1.807) is 0 Å². The minimum absolute atomic E-state index is 0.125. The van der Waals surface area contributed by atoms with Gasteiger partial charge in [0.1, 0.15) is 5.56 Å². The minimum atomic E-state index is -1.31. The number of carbonyl (C=O) groups excluding carboxylic acids is 1.